The molecule has 1 heteroatoms. The SMILES string of the molecule is CC(CO)C1(C)CCCC1. The minimum Gasteiger partial charge on any atom is -0.396 e. The number of hydrogen-bond donors (Lipinski definition) is 1. The van der Waals surface area contributed by atoms with Crippen LogP contribution in [-0.4, -0.2) is 11.7 Å². The van der Waals surface area contributed by atoms with Gasteiger partial charge in [0.05, 0.1) is 0 Å². The van der Waals surface area contributed by atoms with Gasteiger partial charge in [0.2, 0.25) is 0 Å². The van der Waals surface area contributed by atoms with Crippen molar-refractivity contribution in [2.45, 2.75) is 39.5 Å². The van der Waals surface area contributed by atoms with Gasteiger partial charge >= 0.3 is 0 Å². The quantitative estimate of drug-likeness (QED) is 0.626. The molecule has 10 heavy (non-hydrogen) atoms. The third-order valence-electron chi connectivity index (χ3n) is 3.21. The first kappa shape index (κ1) is 8.06. The topological polar surface area (TPSA) is 20.2 Å². The van der Waals surface area contributed by atoms with Crippen LogP contribution in [0.3, 0.4) is 0 Å². The molecule has 1 nitrogen and oxygen atoms in total. The van der Waals surface area contributed by atoms with Crippen LogP contribution in [-0.2, 0) is 0 Å². The van der Waals surface area contributed by atoms with Crippen LogP contribution in [0.1, 0.15) is 39.5 Å². The second-order valence-corrected chi connectivity index (χ2v) is 3.94. The zero-order valence-electron chi connectivity index (χ0n) is 7.06. The van der Waals surface area contributed by atoms with E-state index in [1.54, 1.807) is 0 Å². The molecule has 0 radical (unpaired) electrons. The molecule has 0 aliphatic heterocycles. The lowest BCUT2D eigenvalue weighted by Gasteiger charge is -2.29. The average Bonchev–Trinajstić information content (AvgIpc) is 2.36. The van der Waals surface area contributed by atoms with Gasteiger partial charge in [0.25, 0.3) is 0 Å². The first-order chi connectivity index (χ1) is 4.69. The third kappa shape index (κ3) is 1.34. The summed E-state index contributed by atoms with van der Waals surface area (Å²) in [4.78, 5) is 0. The van der Waals surface area contributed by atoms with E-state index in [0.29, 0.717) is 17.9 Å². The highest BCUT2D eigenvalue weighted by atomic mass is 16.3. The normalized spacial score (nSPS) is 26.7. The van der Waals surface area contributed by atoms with E-state index >= 15 is 0 Å². The number of hydrogen-bond acceptors (Lipinski definition) is 1. The van der Waals surface area contributed by atoms with Gasteiger partial charge in [0.1, 0.15) is 0 Å². The molecule has 1 aliphatic carbocycles. The molecule has 0 spiro atoms. The molecule has 0 aromatic carbocycles. The van der Waals surface area contributed by atoms with Gasteiger partial charge in [-0.25, -0.2) is 0 Å². The first-order valence-corrected chi connectivity index (χ1v) is 4.30. The van der Waals surface area contributed by atoms with Gasteiger partial charge in [-0.2, -0.15) is 0 Å². The minimum atomic E-state index is 0.358. The maximum atomic E-state index is 8.96. The summed E-state index contributed by atoms with van der Waals surface area (Å²) < 4.78 is 0. The molecule has 1 N–H and O–H groups in total. The Morgan fingerprint density at radius 3 is 2.30 bits per heavy atom. The van der Waals surface area contributed by atoms with Crippen LogP contribution < -0.4 is 0 Å². The summed E-state index contributed by atoms with van der Waals surface area (Å²) in [7, 11) is 0. The number of aliphatic hydroxyl groups is 1. The number of rotatable bonds is 2. The van der Waals surface area contributed by atoms with E-state index in [4.69, 9.17) is 5.11 Å². The molecule has 1 aliphatic rings. The Labute approximate surface area is 63.4 Å². The Hall–Kier alpha value is -0.0400. The minimum absolute atomic E-state index is 0.358. The fourth-order valence-corrected chi connectivity index (χ4v) is 1.90. The zero-order valence-corrected chi connectivity index (χ0v) is 7.06. The van der Waals surface area contributed by atoms with Crippen molar-refractivity contribution in [2.24, 2.45) is 11.3 Å². The molecule has 1 fully saturated rings. The fraction of sp³-hybridized carbons (Fsp3) is 1.00. The van der Waals surface area contributed by atoms with Crippen LogP contribution in [0.25, 0.3) is 0 Å². The molecule has 0 heterocycles. The lowest BCUT2D eigenvalue weighted by Crippen LogP contribution is -2.24. The van der Waals surface area contributed by atoms with Crippen molar-refractivity contribution in [3.8, 4) is 0 Å². The van der Waals surface area contributed by atoms with Gasteiger partial charge in [-0.1, -0.05) is 26.7 Å². The van der Waals surface area contributed by atoms with Crippen LogP contribution >= 0.6 is 0 Å². The Kier molecular flexibility index (Phi) is 2.35. The van der Waals surface area contributed by atoms with E-state index in [-0.39, 0.29) is 0 Å². The van der Waals surface area contributed by atoms with Crippen molar-refractivity contribution in [3.63, 3.8) is 0 Å². The van der Waals surface area contributed by atoms with Crippen molar-refractivity contribution >= 4 is 0 Å². The third-order valence-corrected chi connectivity index (χ3v) is 3.21. The molecule has 60 valence electrons. The van der Waals surface area contributed by atoms with Gasteiger partial charge in [-0.05, 0) is 24.2 Å². The Morgan fingerprint density at radius 2 is 1.90 bits per heavy atom. The summed E-state index contributed by atoms with van der Waals surface area (Å²) in [6.07, 6.45) is 5.35. The predicted molar refractivity (Wildman–Crippen MR) is 42.8 cm³/mol. The second kappa shape index (κ2) is 2.91. The summed E-state index contributed by atoms with van der Waals surface area (Å²) in [6.45, 7) is 4.82. The molecule has 1 rings (SSSR count). The highest BCUT2D eigenvalue weighted by Gasteiger charge is 2.33. The molecule has 0 saturated heterocycles. The molecule has 1 saturated carbocycles. The van der Waals surface area contributed by atoms with Crippen molar-refractivity contribution in [1.82, 2.24) is 0 Å². The number of aliphatic hydroxyl groups excluding tert-OH is 1. The maximum absolute atomic E-state index is 8.96. The van der Waals surface area contributed by atoms with Crippen LogP contribution in [0.4, 0.5) is 0 Å². The van der Waals surface area contributed by atoms with E-state index in [9.17, 15) is 0 Å². The van der Waals surface area contributed by atoms with Gasteiger partial charge in [0, 0.05) is 6.61 Å². The first-order valence-electron chi connectivity index (χ1n) is 4.30. The molecular weight excluding hydrogens is 124 g/mol. The summed E-state index contributed by atoms with van der Waals surface area (Å²) in [5.74, 6) is 0.495. The van der Waals surface area contributed by atoms with Crippen molar-refractivity contribution < 1.29 is 5.11 Å². The van der Waals surface area contributed by atoms with Crippen LogP contribution in [0, 0.1) is 11.3 Å². The van der Waals surface area contributed by atoms with E-state index in [0.717, 1.165) is 0 Å². The van der Waals surface area contributed by atoms with E-state index in [1.807, 2.05) is 0 Å². The molecule has 0 aromatic rings. The fourth-order valence-electron chi connectivity index (χ4n) is 1.90. The maximum Gasteiger partial charge on any atom is 0.0461 e. The second-order valence-electron chi connectivity index (χ2n) is 3.94. The Morgan fingerprint density at radius 1 is 1.40 bits per heavy atom. The van der Waals surface area contributed by atoms with Gasteiger partial charge < -0.3 is 5.11 Å². The molecule has 0 bridgehead atoms. The van der Waals surface area contributed by atoms with Gasteiger partial charge in [-0.3, -0.25) is 0 Å². The summed E-state index contributed by atoms with van der Waals surface area (Å²) in [5, 5.41) is 8.96. The van der Waals surface area contributed by atoms with E-state index in [1.165, 1.54) is 25.7 Å². The summed E-state index contributed by atoms with van der Waals surface area (Å²) in [6, 6.07) is 0. The lowest BCUT2D eigenvalue weighted by molar-refractivity contribution is 0.121. The van der Waals surface area contributed by atoms with E-state index < -0.39 is 0 Å². The van der Waals surface area contributed by atoms with Crippen molar-refractivity contribution in [2.75, 3.05) is 6.61 Å². The molecule has 0 amide bonds. The molecule has 1 atom stereocenters. The Balaban J connectivity index is 2.49. The predicted octanol–water partition coefficient (Wildman–Crippen LogP) is 2.20. The lowest BCUT2D eigenvalue weighted by atomic mass is 9.77. The standard InChI is InChI=1S/C9H18O/c1-8(7-10)9(2)5-3-4-6-9/h8,10H,3-7H2,1-2H3. The largest absolute Gasteiger partial charge is 0.396 e. The van der Waals surface area contributed by atoms with Crippen LogP contribution in [0.2, 0.25) is 0 Å². The summed E-state index contributed by atoms with van der Waals surface area (Å²) >= 11 is 0. The molecule has 1 unspecified atom stereocenters. The zero-order chi connectivity index (χ0) is 7.61. The average molecular weight is 142 g/mol. The van der Waals surface area contributed by atoms with Crippen LogP contribution in [0.15, 0.2) is 0 Å². The van der Waals surface area contributed by atoms with Gasteiger partial charge in [0.15, 0.2) is 0 Å². The van der Waals surface area contributed by atoms with E-state index in [2.05, 4.69) is 13.8 Å². The van der Waals surface area contributed by atoms with Crippen molar-refractivity contribution in [1.29, 1.82) is 0 Å². The van der Waals surface area contributed by atoms with Crippen molar-refractivity contribution in [3.05, 3.63) is 0 Å². The Bertz CT molecular complexity index is 103. The van der Waals surface area contributed by atoms with Gasteiger partial charge in [-0.15, -0.1) is 0 Å². The molecular formula is C9H18O. The highest BCUT2D eigenvalue weighted by molar-refractivity contribution is 4.84. The highest BCUT2D eigenvalue weighted by Crippen LogP contribution is 2.43. The summed E-state index contributed by atoms with van der Waals surface area (Å²) in [5.41, 5.74) is 0.453. The van der Waals surface area contributed by atoms with Crippen LogP contribution in [0.5, 0.6) is 0 Å². The monoisotopic (exact) mass is 142 g/mol. The molecule has 0 aromatic heterocycles. The smallest absolute Gasteiger partial charge is 0.0461 e.